The number of piperidine rings is 1. The van der Waals surface area contributed by atoms with E-state index in [0.717, 1.165) is 18.4 Å². The van der Waals surface area contributed by atoms with Crippen LogP contribution in [0.25, 0.3) is 0 Å². The fourth-order valence-corrected chi connectivity index (χ4v) is 2.54. The highest BCUT2D eigenvalue weighted by atomic mass is 14.9. The molecule has 1 saturated heterocycles. The molecule has 0 aliphatic carbocycles. The zero-order valence-corrected chi connectivity index (χ0v) is 9.97. The van der Waals surface area contributed by atoms with E-state index < -0.39 is 0 Å². The van der Waals surface area contributed by atoms with Crippen molar-refractivity contribution >= 4 is 0 Å². The second-order valence-electron chi connectivity index (χ2n) is 5.85. The third-order valence-electron chi connectivity index (χ3n) is 3.23. The van der Waals surface area contributed by atoms with Gasteiger partial charge in [0.2, 0.25) is 0 Å². The molecule has 84 valence electrons. The summed E-state index contributed by atoms with van der Waals surface area (Å²) in [6.07, 6.45) is 3.91. The molecule has 0 aromatic heterocycles. The molecule has 0 amide bonds. The summed E-state index contributed by atoms with van der Waals surface area (Å²) in [5.74, 6) is 1.59. The third-order valence-corrected chi connectivity index (χ3v) is 3.23. The molecule has 1 atom stereocenters. The number of hydrogen-bond donors (Lipinski definition) is 2. The van der Waals surface area contributed by atoms with E-state index in [1.54, 1.807) is 0 Å². The lowest BCUT2D eigenvalue weighted by molar-refractivity contribution is 0.193. The van der Waals surface area contributed by atoms with E-state index in [9.17, 15) is 0 Å². The largest absolute Gasteiger partial charge is 0.330 e. The molecule has 1 aliphatic heterocycles. The second-order valence-corrected chi connectivity index (χ2v) is 5.85. The number of rotatable bonds is 3. The van der Waals surface area contributed by atoms with Gasteiger partial charge in [-0.15, -0.1) is 0 Å². The lowest BCUT2D eigenvalue weighted by atomic mass is 9.75. The molecule has 3 N–H and O–H groups in total. The van der Waals surface area contributed by atoms with Gasteiger partial charge >= 0.3 is 0 Å². The maximum absolute atomic E-state index is 5.89. The Morgan fingerprint density at radius 3 is 2.29 bits per heavy atom. The Morgan fingerprint density at radius 2 is 1.86 bits per heavy atom. The molecular weight excluding hydrogens is 172 g/mol. The van der Waals surface area contributed by atoms with Crippen molar-refractivity contribution < 1.29 is 0 Å². The van der Waals surface area contributed by atoms with Gasteiger partial charge in [-0.3, -0.25) is 0 Å². The van der Waals surface area contributed by atoms with Gasteiger partial charge in [0.25, 0.3) is 0 Å². The van der Waals surface area contributed by atoms with E-state index >= 15 is 0 Å². The first-order valence-corrected chi connectivity index (χ1v) is 5.94. The molecule has 1 fully saturated rings. The average molecular weight is 198 g/mol. The van der Waals surface area contributed by atoms with Crippen LogP contribution in [0, 0.1) is 17.3 Å². The summed E-state index contributed by atoms with van der Waals surface area (Å²) in [5, 5.41) is 3.42. The molecule has 0 bridgehead atoms. The zero-order valence-electron chi connectivity index (χ0n) is 9.97. The average Bonchev–Trinajstić information content (AvgIpc) is 2.14. The Hall–Kier alpha value is -0.0800. The van der Waals surface area contributed by atoms with Crippen molar-refractivity contribution in [2.45, 2.75) is 40.0 Å². The predicted molar refractivity (Wildman–Crippen MR) is 62.2 cm³/mol. The van der Waals surface area contributed by atoms with Crippen LogP contribution in [-0.4, -0.2) is 19.6 Å². The lowest BCUT2D eigenvalue weighted by Crippen LogP contribution is -2.36. The van der Waals surface area contributed by atoms with Gasteiger partial charge in [-0.25, -0.2) is 0 Å². The fourth-order valence-electron chi connectivity index (χ4n) is 2.54. The molecule has 1 aliphatic rings. The number of nitrogens with one attached hydrogen (secondary N) is 1. The van der Waals surface area contributed by atoms with E-state index in [-0.39, 0.29) is 0 Å². The monoisotopic (exact) mass is 198 g/mol. The first-order valence-electron chi connectivity index (χ1n) is 5.94. The van der Waals surface area contributed by atoms with Gasteiger partial charge in [-0.1, -0.05) is 20.8 Å². The zero-order chi connectivity index (χ0) is 10.6. The van der Waals surface area contributed by atoms with Gasteiger partial charge in [-0.2, -0.15) is 0 Å². The van der Waals surface area contributed by atoms with Crippen LogP contribution >= 0.6 is 0 Å². The second kappa shape index (κ2) is 5.13. The fraction of sp³-hybridized carbons (Fsp3) is 1.00. The Bertz CT molecular complexity index is 154. The minimum Gasteiger partial charge on any atom is -0.330 e. The van der Waals surface area contributed by atoms with Crippen LogP contribution in [0.4, 0.5) is 0 Å². The summed E-state index contributed by atoms with van der Waals surface area (Å²) in [4.78, 5) is 0. The van der Waals surface area contributed by atoms with E-state index in [2.05, 4.69) is 26.1 Å². The standard InChI is InChI=1S/C12H26N2/c1-12(2,3)8-11(9-13)10-4-6-14-7-5-10/h10-11,14H,4-9,13H2,1-3H3. The molecular formula is C12H26N2. The van der Waals surface area contributed by atoms with Crippen LogP contribution in [0.1, 0.15) is 40.0 Å². The van der Waals surface area contributed by atoms with Crippen LogP contribution in [0.5, 0.6) is 0 Å². The molecule has 2 nitrogen and oxygen atoms in total. The number of nitrogens with two attached hydrogens (primary N) is 1. The maximum atomic E-state index is 5.89. The first kappa shape index (κ1) is 12.0. The van der Waals surface area contributed by atoms with Crippen LogP contribution in [0.15, 0.2) is 0 Å². The van der Waals surface area contributed by atoms with Gasteiger partial charge in [0.05, 0.1) is 0 Å². The molecule has 14 heavy (non-hydrogen) atoms. The summed E-state index contributed by atoms with van der Waals surface area (Å²) < 4.78 is 0. The highest BCUT2D eigenvalue weighted by molar-refractivity contribution is 4.79. The summed E-state index contributed by atoms with van der Waals surface area (Å²) in [5.41, 5.74) is 6.32. The van der Waals surface area contributed by atoms with Crippen molar-refractivity contribution in [3.63, 3.8) is 0 Å². The van der Waals surface area contributed by atoms with Crippen molar-refractivity contribution in [1.82, 2.24) is 5.32 Å². The van der Waals surface area contributed by atoms with Crippen molar-refractivity contribution in [3.8, 4) is 0 Å². The van der Waals surface area contributed by atoms with Crippen LogP contribution in [0.3, 0.4) is 0 Å². The van der Waals surface area contributed by atoms with Crippen molar-refractivity contribution in [2.24, 2.45) is 23.0 Å². The van der Waals surface area contributed by atoms with Crippen molar-refractivity contribution in [3.05, 3.63) is 0 Å². The maximum Gasteiger partial charge on any atom is -0.00460 e. The van der Waals surface area contributed by atoms with Gasteiger partial charge in [0, 0.05) is 0 Å². The van der Waals surface area contributed by atoms with Crippen molar-refractivity contribution in [1.29, 1.82) is 0 Å². The molecule has 1 rings (SSSR count). The van der Waals surface area contributed by atoms with Gasteiger partial charge in [-0.05, 0) is 56.1 Å². The van der Waals surface area contributed by atoms with E-state index in [1.807, 2.05) is 0 Å². The minimum atomic E-state index is 0.426. The quantitative estimate of drug-likeness (QED) is 0.728. The molecule has 0 aromatic carbocycles. The third kappa shape index (κ3) is 3.97. The van der Waals surface area contributed by atoms with Crippen LogP contribution in [-0.2, 0) is 0 Å². The molecule has 2 heteroatoms. The summed E-state index contributed by atoms with van der Waals surface area (Å²) in [6.45, 7) is 10.2. The smallest absolute Gasteiger partial charge is 0.00460 e. The molecule has 0 radical (unpaired) electrons. The van der Waals surface area contributed by atoms with E-state index in [4.69, 9.17) is 5.73 Å². The summed E-state index contributed by atoms with van der Waals surface area (Å²) in [7, 11) is 0. The predicted octanol–water partition coefficient (Wildman–Crippen LogP) is 2.00. The topological polar surface area (TPSA) is 38.0 Å². The lowest BCUT2D eigenvalue weighted by Gasteiger charge is -2.34. The van der Waals surface area contributed by atoms with Gasteiger partial charge in [0.15, 0.2) is 0 Å². The number of hydrogen-bond acceptors (Lipinski definition) is 2. The Labute approximate surface area is 88.6 Å². The molecule has 0 saturated carbocycles. The van der Waals surface area contributed by atoms with E-state index in [1.165, 1.54) is 32.4 Å². The SMILES string of the molecule is CC(C)(C)CC(CN)C1CCNCC1. The summed E-state index contributed by atoms with van der Waals surface area (Å²) >= 11 is 0. The molecule has 0 aromatic rings. The Kier molecular flexibility index (Phi) is 4.39. The molecule has 1 unspecified atom stereocenters. The highest BCUT2D eigenvalue weighted by Crippen LogP contribution is 2.32. The first-order chi connectivity index (χ1) is 6.53. The Balaban J connectivity index is 2.43. The van der Waals surface area contributed by atoms with Gasteiger partial charge < -0.3 is 11.1 Å². The van der Waals surface area contributed by atoms with E-state index in [0.29, 0.717) is 5.41 Å². The highest BCUT2D eigenvalue weighted by Gasteiger charge is 2.26. The van der Waals surface area contributed by atoms with Crippen LogP contribution < -0.4 is 11.1 Å². The Morgan fingerprint density at radius 1 is 1.29 bits per heavy atom. The van der Waals surface area contributed by atoms with Gasteiger partial charge in [0.1, 0.15) is 0 Å². The summed E-state index contributed by atoms with van der Waals surface area (Å²) in [6, 6.07) is 0. The normalized spacial score (nSPS) is 22.3. The molecule has 1 heterocycles. The molecule has 0 spiro atoms. The van der Waals surface area contributed by atoms with Crippen molar-refractivity contribution in [2.75, 3.05) is 19.6 Å². The minimum absolute atomic E-state index is 0.426. The van der Waals surface area contributed by atoms with Crippen LogP contribution in [0.2, 0.25) is 0 Å².